The zero-order valence-corrected chi connectivity index (χ0v) is 22.6. The minimum absolute atomic E-state index is 0.0357. The first-order valence-corrected chi connectivity index (χ1v) is 13.3. The number of hydrogen-bond acceptors (Lipinski definition) is 6. The highest BCUT2D eigenvalue weighted by Crippen LogP contribution is 2.40. The number of carbonyl (C=O) groups excluding carboxylic acids is 1. The number of nitrogens with zero attached hydrogens (tertiary/aromatic N) is 4. The van der Waals surface area contributed by atoms with Gasteiger partial charge in [-0.05, 0) is 23.8 Å². The van der Waals surface area contributed by atoms with E-state index in [0.29, 0.717) is 29.5 Å². The largest absolute Gasteiger partial charge is 0.497 e. The summed E-state index contributed by atoms with van der Waals surface area (Å²) in [5, 5.41) is 7.07. The molecule has 0 aromatic heterocycles. The number of hydrogen-bond donors (Lipinski definition) is 0. The Hall–Kier alpha value is -3.39. The third kappa shape index (κ3) is 5.85. The van der Waals surface area contributed by atoms with Gasteiger partial charge in [0.25, 0.3) is 5.91 Å². The average Bonchev–Trinajstić information content (AvgIpc) is 3.40. The molecule has 1 amide bonds. The third-order valence-electron chi connectivity index (χ3n) is 7.22. The number of halogens is 1. The molecule has 2 heterocycles. The van der Waals surface area contributed by atoms with Gasteiger partial charge in [0.2, 0.25) is 0 Å². The van der Waals surface area contributed by atoms with Gasteiger partial charge in [0.15, 0.2) is 0 Å². The molecule has 0 radical (unpaired) electrons. The molecule has 0 N–H and O–H groups in total. The van der Waals surface area contributed by atoms with E-state index in [1.165, 1.54) is 5.56 Å². The van der Waals surface area contributed by atoms with Crippen molar-refractivity contribution in [2.24, 2.45) is 5.10 Å². The van der Waals surface area contributed by atoms with Crippen molar-refractivity contribution in [3.05, 3.63) is 94.5 Å². The Labute approximate surface area is 229 Å². The first-order chi connectivity index (χ1) is 18.6. The molecule has 3 aromatic rings. The lowest BCUT2D eigenvalue weighted by molar-refractivity contribution is -0.134. The van der Waals surface area contributed by atoms with Gasteiger partial charge in [0, 0.05) is 61.4 Å². The molecule has 1 atom stereocenters. The van der Waals surface area contributed by atoms with Crippen LogP contribution in [0, 0.1) is 0 Å². The van der Waals surface area contributed by atoms with Gasteiger partial charge in [-0.3, -0.25) is 14.6 Å². The predicted octanol–water partition coefficient (Wildman–Crippen LogP) is 4.85. The van der Waals surface area contributed by atoms with Crippen LogP contribution in [-0.4, -0.2) is 73.4 Å². The molecule has 5 rings (SSSR count). The molecule has 7 nitrogen and oxygen atoms in total. The maximum absolute atomic E-state index is 13.7. The molecule has 0 bridgehead atoms. The Morgan fingerprint density at radius 1 is 0.921 bits per heavy atom. The Bertz CT molecular complexity index is 1290. The number of methoxy groups -OCH3 is 2. The topological polar surface area (TPSA) is 57.6 Å². The van der Waals surface area contributed by atoms with Gasteiger partial charge in [-0.15, -0.1) is 0 Å². The molecule has 3 aromatic carbocycles. The molecule has 8 heteroatoms. The minimum Gasteiger partial charge on any atom is -0.497 e. The van der Waals surface area contributed by atoms with Crippen LogP contribution in [-0.2, 0) is 11.3 Å². The number of piperazine rings is 1. The van der Waals surface area contributed by atoms with Crippen molar-refractivity contribution >= 4 is 23.2 Å². The molecule has 1 saturated heterocycles. The predicted molar refractivity (Wildman–Crippen MR) is 150 cm³/mol. The zero-order valence-electron chi connectivity index (χ0n) is 21.8. The minimum atomic E-state index is -0.297. The molecule has 0 spiro atoms. The highest BCUT2D eigenvalue weighted by Gasteiger charge is 2.36. The lowest BCUT2D eigenvalue weighted by atomic mass is 9.97. The summed E-state index contributed by atoms with van der Waals surface area (Å²) in [6.45, 7) is 4.76. The molecule has 0 saturated carbocycles. The van der Waals surface area contributed by atoms with Crippen molar-refractivity contribution in [3.8, 4) is 11.5 Å². The lowest BCUT2D eigenvalue weighted by Crippen LogP contribution is -2.49. The highest BCUT2D eigenvalue weighted by atomic mass is 35.5. The summed E-state index contributed by atoms with van der Waals surface area (Å²) in [5.41, 5.74) is 3.84. The fourth-order valence-electron chi connectivity index (χ4n) is 5.15. The van der Waals surface area contributed by atoms with Gasteiger partial charge in [0.1, 0.15) is 11.5 Å². The first kappa shape index (κ1) is 26.2. The van der Waals surface area contributed by atoms with Gasteiger partial charge in [-0.1, -0.05) is 60.1 Å². The van der Waals surface area contributed by atoms with Crippen LogP contribution in [0.15, 0.2) is 77.9 Å². The monoisotopic (exact) mass is 532 g/mol. The van der Waals surface area contributed by atoms with E-state index in [9.17, 15) is 4.79 Å². The van der Waals surface area contributed by atoms with Crippen molar-refractivity contribution < 1.29 is 14.3 Å². The molecule has 2 aliphatic rings. The Balaban J connectivity index is 1.33. The normalized spacial score (nSPS) is 18.3. The number of amides is 1. The Morgan fingerprint density at radius 2 is 1.63 bits per heavy atom. The molecule has 38 heavy (non-hydrogen) atoms. The van der Waals surface area contributed by atoms with E-state index < -0.39 is 0 Å². The van der Waals surface area contributed by atoms with Crippen molar-refractivity contribution in [3.63, 3.8) is 0 Å². The van der Waals surface area contributed by atoms with E-state index in [1.807, 2.05) is 48.5 Å². The van der Waals surface area contributed by atoms with Gasteiger partial charge in [-0.2, -0.15) is 5.10 Å². The van der Waals surface area contributed by atoms with Crippen LogP contribution in [0.3, 0.4) is 0 Å². The van der Waals surface area contributed by atoms with E-state index in [0.717, 1.165) is 49.6 Å². The van der Waals surface area contributed by atoms with Crippen molar-refractivity contribution in [1.29, 1.82) is 0 Å². The molecular weight excluding hydrogens is 500 g/mol. The Kier molecular flexibility index (Phi) is 8.27. The molecule has 0 aliphatic carbocycles. The summed E-state index contributed by atoms with van der Waals surface area (Å²) in [6, 6.07) is 23.5. The van der Waals surface area contributed by atoms with Crippen LogP contribution in [0.1, 0.15) is 29.2 Å². The van der Waals surface area contributed by atoms with Gasteiger partial charge >= 0.3 is 0 Å². The summed E-state index contributed by atoms with van der Waals surface area (Å²) in [4.78, 5) is 18.4. The van der Waals surface area contributed by atoms with Crippen LogP contribution < -0.4 is 9.47 Å². The van der Waals surface area contributed by atoms with Crippen LogP contribution >= 0.6 is 11.6 Å². The van der Waals surface area contributed by atoms with E-state index in [-0.39, 0.29) is 11.9 Å². The maximum atomic E-state index is 13.7. The van der Waals surface area contributed by atoms with Crippen LogP contribution in [0.25, 0.3) is 0 Å². The fraction of sp³-hybridized carbons (Fsp3) is 0.333. The maximum Gasteiger partial charge on any atom is 0.257 e. The van der Waals surface area contributed by atoms with Crippen LogP contribution in [0.2, 0.25) is 5.02 Å². The van der Waals surface area contributed by atoms with E-state index in [1.54, 1.807) is 19.2 Å². The number of ether oxygens (including phenoxy) is 2. The second-order valence-corrected chi connectivity index (χ2v) is 10.0. The van der Waals surface area contributed by atoms with Crippen LogP contribution in [0.5, 0.6) is 11.5 Å². The molecular formula is C30H33ClN4O3. The van der Waals surface area contributed by atoms with Crippen molar-refractivity contribution in [2.75, 3.05) is 46.9 Å². The summed E-state index contributed by atoms with van der Waals surface area (Å²) in [7, 11) is 3.25. The summed E-state index contributed by atoms with van der Waals surface area (Å²) in [6.07, 6.45) is 0.545. The van der Waals surface area contributed by atoms with Gasteiger partial charge < -0.3 is 9.47 Å². The molecule has 198 valence electrons. The smallest absolute Gasteiger partial charge is 0.257 e. The standard InChI is InChI=1S/C30H33ClN4O3/c1-37-23-12-13-25(29(18-23)38-2)28-19-27(24-10-6-7-11-26(24)31)32-35(28)30(36)21-34-16-14-33(15-17-34)20-22-8-4-3-5-9-22/h3-13,18,28H,14-17,19-21H2,1-2H3/t28-/m1/s1. The third-order valence-corrected chi connectivity index (χ3v) is 7.55. The van der Waals surface area contributed by atoms with E-state index >= 15 is 0 Å². The second-order valence-electron chi connectivity index (χ2n) is 9.63. The average molecular weight is 533 g/mol. The molecule has 1 fully saturated rings. The van der Waals surface area contributed by atoms with Crippen LogP contribution in [0.4, 0.5) is 0 Å². The SMILES string of the molecule is COc1ccc([C@H]2CC(c3ccccc3Cl)=NN2C(=O)CN2CCN(Cc3ccccc3)CC2)c(OC)c1. The van der Waals surface area contributed by atoms with Crippen molar-refractivity contribution in [2.45, 2.75) is 19.0 Å². The molecule has 0 unspecified atom stereocenters. The summed E-state index contributed by atoms with van der Waals surface area (Å²) >= 11 is 6.51. The zero-order chi connectivity index (χ0) is 26.5. The van der Waals surface area contributed by atoms with E-state index in [4.69, 9.17) is 26.2 Å². The highest BCUT2D eigenvalue weighted by molar-refractivity contribution is 6.34. The van der Waals surface area contributed by atoms with Gasteiger partial charge in [-0.25, -0.2) is 5.01 Å². The van der Waals surface area contributed by atoms with E-state index in [2.05, 4.69) is 34.1 Å². The molecule has 2 aliphatic heterocycles. The quantitative estimate of drug-likeness (QED) is 0.415. The summed E-state index contributed by atoms with van der Waals surface area (Å²) in [5.74, 6) is 1.32. The van der Waals surface area contributed by atoms with Crippen molar-refractivity contribution in [1.82, 2.24) is 14.8 Å². The first-order valence-electron chi connectivity index (χ1n) is 12.9. The number of benzene rings is 3. The lowest BCUT2D eigenvalue weighted by Gasteiger charge is -2.35. The number of hydrazone groups is 1. The summed E-state index contributed by atoms with van der Waals surface area (Å²) < 4.78 is 11.1. The number of carbonyl (C=O) groups is 1. The number of rotatable bonds is 8. The Morgan fingerprint density at radius 3 is 2.34 bits per heavy atom. The fourth-order valence-corrected chi connectivity index (χ4v) is 5.39. The van der Waals surface area contributed by atoms with Gasteiger partial charge in [0.05, 0.1) is 32.5 Å². The second kappa shape index (κ2) is 12.0.